The molecule has 0 spiro atoms. The van der Waals surface area contributed by atoms with E-state index in [2.05, 4.69) is 11.3 Å². The second-order valence-electron chi connectivity index (χ2n) is 6.22. The van der Waals surface area contributed by atoms with Gasteiger partial charge in [0.2, 0.25) is 6.10 Å². The fourth-order valence-electron chi connectivity index (χ4n) is 2.67. The van der Waals surface area contributed by atoms with Crippen molar-refractivity contribution in [1.29, 1.82) is 0 Å². The lowest BCUT2D eigenvalue weighted by atomic mass is 10.0. The average Bonchev–Trinajstić information content (AvgIpc) is 2.83. The summed E-state index contributed by atoms with van der Waals surface area (Å²) >= 11 is 0. The average molecular weight is 432 g/mol. The van der Waals surface area contributed by atoms with Crippen molar-refractivity contribution in [2.45, 2.75) is 58.7 Å². The van der Waals surface area contributed by atoms with Crippen molar-refractivity contribution in [2.24, 2.45) is 0 Å². The van der Waals surface area contributed by atoms with E-state index < -0.39 is 73.1 Å². The van der Waals surface area contributed by atoms with Crippen molar-refractivity contribution in [1.82, 2.24) is 0 Å². The lowest BCUT2D eigenvalue weighted by molar-refractivity contribution is -0.272. The van der Waals surface area contributed by atoms with Gasteiger partial charge >= 0.3 is 29.8 Å². The van der Waals surface area contributed by atoms with Crippen LogP contribution in [0.3, 0.4) is 0 Å². The molecule has 0 aromatic heterocycles. The Kier molecular flexibility index (Phi) is 8.77. The van der Waals surface area contributed by atoms with Crippen LogP contribution in [0.2, 0.25) is 0 Å². The first-order valence-corrected chi connectivity index (χ1v) is 8.71. The number of hydrogen-bond donors (Lipinski definition) is 0. The zero-order chi connectivity index (χ0) is 23.1. The molecule has 1 rings (SSSR count). The Morgan fingerprint density at radius 1 is 0.833 bits per heavy atom. The zero-order valence-electron chi connectivity index (χ0n) is 17.3. The molecule has 0 aromatic rings. The van der Waals surface area contributed by atoms with Gasteiger partial charge in [0.25, 0.3) is 11.7 Å². The molecule has 1 heterocycles. The summed E-state index contributed by atoms with van der Waals surface area (Å²) in [5.41, 5.74) is 0. The van der Waals surface area contributed by atoms with Gasteiger partial charge in [-0.25, -0.2) is 0 Å². The third-order valence-corrected chi connectivity index (χ3v) is 3.50. The molecule has 12 heteroatoms. The number of esters is 5. The second-order valence-corrected chi connectivity index (χ2v) is 6.22. The highest BCUT2D eigenvalue weighted by molar-refractivity contribution is 5.69. The maximum absolute atomic E-state index is 11.8. The number of hydrogen-bond acceptors (Lipinski definition) is 12. The first kappa shape index (κ1) is 24.9. The standard InChI is InChI=1S/C18H24O12/c1-9(19)24-7-15-16(27-11(3)21)17(28-12(4)22)18(30-15,29-13(5)23)8-25-14(6)26-10(2)20/h15-17H,6-8H2,1-5H3/t15-,16-,17+,18+/m1/s1. The molecule has 1 aliphatic rings. The minimum atomic E-state index is -2.13. The van der Waals surface area contributed by atoms with E-state index in [0.717, 1.165) is 34.6 Å². The topological polar surface area (TPSA) is 150 Å². The Bertz CT molecular complexity index is 714. The van der Waals surface area contributed by atoms with Gasteiger partial charge in [0.1, 0.15) is 12.7 Å². The predicted molar refractivity (Wildman–Crippen MR) is 94.0 cm³/mol. The van der Waals surface area contributed by atoms with Gasteiger partial charge in [-0.05, 0) is 6.58 Å². The molecule has 1 aliphatic heterocycles. The molecule has 12 nitrogen and oxygen atoms in total. The molecule has 0 radical (unpaired) electrons. The molecule has 0 unspecified atom stereocenters. The van der Waals surface area contributed by atoms with E-state index in [4.69, 9.17) is 28.4 Å². The molecule has 0 aliphatic carbocycles. The van der Waals surface area contributed by atoms with E-state index in [1.807, 2.05) is 0 Å². The Balaban J connectivity index is 3.31. The quantitative estimate of drug-likeness (QED) is 0.276. The third kappa shape index (κ3) is 7.35. The van der Waals surface area contributed by atoms with Gasteiger partial charge in [0.15, 0.2) is 12.7 Å². The molecular weight excluding hydrogens is 408 g/mol. The minimum absolute atomic E-state index is 0.418. The van der Waals surface area contributed by atoms with Crippen LogP contribution in [0.1, 0.15) is 34.6 Å². The molecule has 4 atom stereocenters. The number of rotatable bonds is 9. The lowest BCUT2D eigenvalue weighted by Crippen LogP contribution is -2.53. The first-order valence-electron chi connectivity index (χ1n) is 8.71. The van der Waals surface area contributed by atoms with Gasteiger partial charge in [-0.3, -0.25) is 24.0 Å². The van der Waals surface area contributed by atoms with E-state index >= 15 is 0 Å². The molecule has 168 valence electrons. The molecular formula is C18H24O12. The predicted octanol–water partition coefficient (Wildman–Crippen LogP) is 0.122. The Hall–Kier alpha value is -3.15. The SMILES string of the molecule is C=C(OC[C@]1(OC(C)=O)O[C@H](COC(C)=O)[C@@H](OC(C)=O)[C@@H]1OC(C)=O)OC(C)=O. The number of ether oxygens (including phenoxy) is 7. The van der Waals surface area contributed by atoms with Crippen molar-refractivity contribution in [3.05, 3.63) is 12.5 Å². The summed E-state index contributed by atoms with van der Waals surface area (Å²) in [5.74, 6) is -6.41. The van der Waals surface area contributed by atoms with Gasteiger partial charge in [0, 0.05) is 34.6 Å². The molecule has 0 aromatic carbocycles. The van der Waals surface area contributed by atoms with Crippen LogP contribution in [-0.4, -0.2) is 67.2 Å². The van der Waals surface area contributed by atoms with Crippen LogP contribution in [0.25, 0.3) is 0 Å². The van der Waals surface area contributed by atoms with Crippen molar-refractivity contribution >= 4 is 29.8 Å². The highest BCUT2D eigenvalue weighted by atomic mass is 16.8. The Morgan fingerprint density at radius 3 is 1.90 bits per heavy atom. The van der Waals surface area contributed by atoms with Crippen molar-refractivity contribution in [3.8, 4) is 0 Å². The number of carbonyl (C=O) groups is 5. The molecule has 0 saturated carbocycles. The van der Waals surface area contributed by atoms with Gasteiger partial charge in [-0.1, -0.05) is 0 Å². The van der Waals surface area contributed by atoms with Crippen LogP contribution in [0.5, 0.6) is 0 Å². The Labute approximate surface area is 172 Å². The largest absolute Gasteiger partial charge is 0.463 e. The second kappa shape index (κ2) is 10.6. The summed E-state index contributed by atoms with van der Waals surface area (Å²) in [5, 5.41) is 0. The highest BCUT2D eigenvalue weighted by Gasteiger charge is 2.63. The van der Waals surface area contributed by atoms with Gasteiger partial charge in [-0.15, -0.1) is 0 Å². The smallest absolute Gasteiger partial charge is 0.310 e. The molecule has 1 fully saturated rings. The summed E-state index contributed by atoms with van der Waals surface area (Å²) in [7, 11) is 0. The number of carbonyl (C=O) groups excluding carboxylic acids is 5. The van der Waals surface area contributed by atoms with Crippen LogP contribution in [0.15, 0.2) is 12.5 Å². The third-order valence-electron chi connectivity index (χ3n) is 3.50. The summed E-state index contributed by atoms with van der Waals surface area (Å²) in [6.07, 6.45) is -4.02. The van der Waals surface area contributed by atoms with Crippen LogP contribution in [0, 0.1) is 0 Å². The fraction of sp³-hybridized carbons (Fsp3) is 0.611. The van der Waals surface area contributed by atoms with Crippen molar-refractivity contribution in [3.63, 3.8) is 0 Å². The monoisotopic (exact) mass is 432 g/mol. The lowest BCUT2D eigenvalue weighted by Gasteiger charge is -2.32. The van der Waals surface area contributed by atoms with Crippen molar-refractivity contribution < 1.29 is 57.1 Å². The van der Waals surface area contributed by atoms with Crippen molar-refractivity contribution in [2.75, 3.05) is 13.2 Å². The molecule has 30 heavy (non-hydrogen) atoms. The van der Waals surface area contributed by atoms with Crippen LogP contribution in [0.4, 0.5) is 0 Å². The Morgan fingerprint density at radius 2 is 1.43 bits per heavy atom. The maximum Gasteiger partial charge on any atom is 0.310 e. The van der Waals surface area contributed by atoms with Gasteiger partial charge in [0.05, 0.1) is 0 Å². The highest BCUT2D eigenvalue weighted by Crippen LogP contribution is 2.38. The van der Waals surface area contributed by atoms with E-state index in [1.165, 1.54) is 0 Å². The molecule has 0 N–H and O–H groups in total. The van der Waals surface area contributed by atoms with E-state index in [1.54, 1.807) is 0 Å². The van der Waals surface area contributed by atoms with Crippen LogP contribution in [-0.2, 0) is 57.1 Å². The van der Waals surface area contributed by atoms with Crippen LogP contribution < -0.4 is 0 Å². The summed E-state index contributed by atoms with van der Waals surface area (Å²) in [4.78, 5) is 57.3. The molecule has 0 amide bonds. The summed E-state index contributed by atoms with van der Waals surface area (Å²) < 4.78 is 36.1. The summed E-state index contributed by atoms with van der Waals surface area (Å²) in [6.45, 7) is 7.76. The van der Waals surface area contributed by atoms with E-state index in [0.29, 0.717) is 0 Å². The molecule has 1 saturated heterocycles. The zero-order valence-corrected chi connectivity index (χ0v) is 17.3. The minimum Gasteiger partial charge on any atom is -0.463 e. The molecule has 0 bridgehead atoms. The maximum atomic E-state index is 11.8. The first-order chi connectivity index (χ1) is 13.9. The van der Waals surface area contributed by atoms with E-state index in [-0.39, 0.29) is 0 Å². The van der Waals surface area contributed by atoms with Crippen LogP contribution >= 0.6 is 0 Å². The van der Waals surface area contributed by atoms with Gasteiger partial charge < -0.3 is 33.2 Å². The van der Waals surface area contributed by atoms with Gasteiger partial charge in [-0.2, -0.15) is 0 Å². The van der Waals surface area contributed by atoms with E-state index in [9.17, 15) is 24.0 Å². The fourth-order valence-corrected chi connectivity index (χ4v) is 2.67. The normalized spacial score (nSPS) is 24.9. The summed E-state index contributed by atoms with van der Waals surface area (Å²) in [6, 6.07) is 0.